The van der Waals surface area contributed by atoms with Crippen LogP contribution in [0.1, 0.15) is 11.8 Å². The zero-order valence-corrected chi connectivity index (χ0v) is 12.3. The molecule has 0 unspecified atom stereocenters. The van der Waals surface area contributed by atoms with Crippen molar-refractivity contribution < 1.29 is 4.79 Å². The SMILES string of the molecule is CC(=O)Nc1ccsc1CNc1ccc(Br)cc1. The Labute approximate surface area is 118 Å². The highest BCUT2D eigenvalue weighted by Crippen LogP contribution is 2.24. The van der Waals surface area contributed by atoms with E-state index in [4.69, 9.17) is 0 Å². The average molecular weight is 325 g/mol. The van der Waals surface area contributed by atoms with Crippen LogP contribution in [-0.4, -0.2) is 5.91 Å². The highest BCUT2D eigenvalue weighted by atomic mass is 79.9. The van der Waals surface area contributed by atoms with E-state index in [1.165, 1.54) is 6.92 Å². The van der Waals surface area contributed by atoms with Gasteiger partial charge in [-0.15, -0.1) is 11.3 Å². The van der Waals surface area contributed by atoms with E-state index in [9.17, 15) is 4.79 Å². The number of carbonyl (C=O) groups is 1. The number of rotatable bonds is 4. The molecule has 1 aromatic carbocycles. The first-order chi connectivity index (χ1) is 8.65. The number of nitrogens with one attached hydrogen (secondary N) is 2. The van der Waals surface area contributed by atoms with Crippen molar-refractivity contribution in [2.45, 2.75) is 13.5 Å². The number of anilines is 2. The maximum absolute atomic E-state index is 11.0. The quantitative estimate of drug-likeness (QED) is 0.889. The van der Waals surface area contributed by atoms with Gasteiger partial charge in [0.1, 0.15) is 0 Å². The van der Waals surface area contributed by atoms with Crippen molar-refractivity contribution in [3.8, 4) is 0 Å². The molecule has 1 heterocycles. The van der Waals surface area contributed by atoms with Crippen molar-refractivity contribution in [2.24, 2.45) is 0 Å². The smallest absolute Gasteiger partial charge is 0.221 e. The molecule has 2 N–H and O–H groups in total. The molecule has 2 aromatic rings. The van der Waals surface area contributed by atoms with Gasteiger partial charge in [-0.1, -0.05) is 15.9 Å². The van der Waals surface area contributed by atoms with Crippen LogP contribution in [0.25, 0.3) is 0 Å². The van der Waals surface area contributed by atoms with E-state index in [0.717, 1.165) is 20.7 Å². The Kier molecular flexibility index (Phi) is 4.38. The van der Waals surface area contributed by atoms with Crippen LogP contribution in [0.5, 0.6) is 0 Å². The summed E-state index contributed by atoms with van der Waals surface area (Å²) in [7, 11) is 0. The van der Waals surface area contributed by atoms with Crippen molar-refractivity contribution in [1.82, 2.24) is 0 Å². The standard InChI is InChI=1S/C13H13BrN2OS/c1-9(17)16-12-6-7-18-13(12)8-15-11-4-2-10(14)3-5-11/h2-7,15H,8H2,1H3,(H,16,17). The van der Waals surface area contributed by atoms with E-state index in [1.807, 2.05) is 35.7 Å². The average Bonchev–Trinajstić information content (AvgIpc) is 2.75. The van der Waals surface area contributed by atoms with Crippen LogP contribution < -0.4 is 10.6 Å². The van der Waals surface area contributed by atoms with Gasteiger partial charge in [0.15, 0.2) is 0 Å². The minimum atomic E-state index is -0.0432. The number of halogens is 1. The summed E-state index contributed by atoms with van der Waals surface area (Å²) in [5.74, 6) is -0.0432. The van der Waals surface area contributed by atoms with Crippen LogP contribution in [0.3, 0.4) is 0 Å². The molecule has 2 rings (SSSR count). The maximum atomic E-state index is 11.0. The molecular formula is C13H13BrN2OS. The summed E-state index contributed by atoms with van der Waals surface area (Å²) in [4.78, 5) is 12.2. The Morgan fingerprint density at radius 1 is 1.28 bits per heavy atom. The third-order valence-electron chi connectivity index (χ3n) is 2.35. The molecule has 0 aliphatic heterocycles. The molecule has 0 spiro atoms. The van der Waals surface area contributed by atoms with Gasteiger partial charge >= 0.3 is 0 Å². The van der Waals surface area contributed by atoms with Crippen molar-refractivity contribution in [1.29, 1.82) is 0 Å². The van der Waals surface area contributed by atoms with Crippen LogP contribution in [-0.2, 0) is 11.3 Å². The topological polar surface area (TPSA) is 41.1 Å². The summed E-state index contributed by atoms with van der Waals surface area (Å²) in [6.45, 7) is 2.22. The summed E-state index contributed by atoms with van der Waals surface area (Å²) in [6, 6.07) is 9.92. The van der Waals surface area contributed by atoms with Gasteiger partial charge in [-0.3, -0.25) is 4.79 Å². The van der Waals surface area contributed by atoms with E-state index in [1.54, 1.807) is 11.3 Å². The third kappa shape index (κ3) is 3.58. The molecular weight excluding hydrogens is 312 g/mol. The van der Waals surface area contributed by atoms with Gasteiger partial charge in [0.05, 0.1) is 12.2 Å². The zero-order chi connectivity index (χ0) is 13.0. The highest BCUT2D eigenvalue weighted by molar-refractivity contribution is 9.10. The minimum Gasteiger partial charge on any atom is -0.380 e. The normalized spacial score (nSPS) is 10.1. The number of carbonyl (C=O) groups excluding carboxylic acids is 1. The largest absolute Gasteiger partial charge is 0.380 e. The Bertz CT molecular complexity index is 536. The molecule has 3 nitrogen and oxygen atoms in total. The molecule has 18 heavy (non-hydrogen) atoms. The van der Waals surface area contributed by atoms with Gasteiger partial charge in [-0.2, -0.15) is 0 Å². The molecule has 94 valence electrons. The van der Waals surface area contributed by atoms with Crippen molar-refractivity contribution in [2.75, 3.05) is 10.6 Å². The molecule has 1 amide bonds. The van der Waals surface area contributed by atoms with E-state index < -0.39 is 0 Å². The zero-order valence-electron chi connectivity index (χ0n) is 9.87. The number of benzene rings is 1. The lowest BCUT2D eigenvalue weighted by molar-refractivity contribution is -0.114. The lowest BCUT2D eigenvalue weighted by Gasteiger charge is -2.07. The second-order valence-electron chi connectivity index (χ2n) is 3.80. The van der Waals surface area contributed by atoms with Crippen molar-refractivity contribution >= 4 is 44.5 Å². The Hall–Kier alpha value is -1.33. The second kappa shape index (κ2) is 6.02. The summed E-state index contributed by atoms with van der Waals surface area (Å²) < 4.78 is 1.06. The van der Waals surface area contributed by atoms with Crippen LogP contribution in [0.4, 0.5) is 11.4 Å². The van der Waals surface area contributed by atoms with Gasteiger partial charge in [-0.25, -0.2) is 0 Å². The first kappa shape index (κ1) is 13.1. The molecule has 0 atom stereocenters. The molecule has 1 aromatic heterocycles. The molecule has 0 fully saturated rings. The monoisotopic (exact) mass is 324 g/mol. The molecule has 0 radical (unpaired) electrons. The van der Waals surface area contributed by atoms with Crippen molar-refractivity contribution in [3.63, 3.8) is 0 Å². The molecule has 5 heteroatoms. The number of hydrogen-bond acceptors (Lipinski definition) is 3. The number of thiophene rings is 1. The lowest BCUT2D eigenvalue weighted by Crippen LogP contribution is -2.08. The summed E-state index contributed by atoms with van der Waals surface area (Å²) in [5.41, 5.74) is 1.94. The first-order valence-electron chi connectivity index (χ1n) is 5.48. The maximum Gasteiger partial charge on any atom is 0.221 e. The van der Waals surface area contributed by atoms with Crippen LogP contribution >= 0.6 is 27.3 Å². The van der Waals surface area contributed by atoms with Gasteiger partial charge < -0.3 is 10.6 Å². The van der Waals surface area contributed by atoms with Gasteiger partial charge in [0.25, 0.3) is 0 Å². The van der Waals surface area contributed by atoms with Crippen LogP contribution in [0, 0.1) is 0 Å². The van der Waals surface area contributed by atoms with Crippen LogP contribution in [0.2, 0.25) is 0 Å². The Morgan fingerprint density at radius 2 is 2.00 bits per heavy atom. The molecule has 0 bridgehead atoms. The number of amides is 1. The predicted octanol–water partition coefficient (Wildman–Crippen LogP) is 4.08. The first-order valence-corrected chi connectivity index (χ1v) is 7.16. The van der Waals surface area contributed by atoms with Crippen LogP contribution in [0.15, 0.2) is 40.2 Å². The fraction of sp³-hybridized carbons (Fsp3) is 0.154. The van der Waals surface area contributed by atoms with Gasteiger partial charge in [-0.05, 0) is 35.7 Å². The third-order valence-corrected chi connectivity index (χ3v) is 3.80. The summed E-state index contributed by atoms with van der Waals surface area (Å²) in [6.07, 6.45) is 0. The minimum absolute atomic E-state index is 0.0432. The molecule has 0 aliphatic rings. The van der Waals surface area contributed by atoms with Gasteiger partial charge in [0, 0.05) is 22.0 Å². The van der Waals surface area contributed by atoms with Gasteiger partial charge in [0.2, 0.25) is 5.91 Å². The molecule has 0 aliphatic carbocycles. The molecule has 0 saturated carbocycles. The predicted molar refractivity (Wildman–Crippen MR) is 80.1 cm³/mol. The highest BCUT2D eigenvalue weighted by Gasteiger charge is 2.05. The summed E-state index contributed by atoms with van der Waals surface area (Å²) in [5, 5.41) is 8.13. The fourth-order valence-electron chi connectivity index (χ4n) is 1.53. The summed E-state index contributed by atoms with van der Waals surface area (Å²) >= 11 is 5.03. The second-order valence-corrected chi connectivity index (χ2v) is 5.72. The van der Waals surface area contributed by atoms with Crippen molar-refractivity contribution in [3.05, 3.63) is 45.1 Å². The van der Waals surface area contributed by atoms with E-state index in [-0.39, 0.29) is 5.91 Å². The van der Waals surface area contributed by atoms with E-state index in [2.05, 4.69) is 26.6 Å². The lowest BCUT2D eigenvalue weighted by atomic mass is 10.3. The van der Waals surface area contributed by atoms with E-state index in [0.29, 0.717) is 6.54 Å². The number of hydrogen-bond donors (Lipinski definition) is 2. The Morgan fingerprint density at radius 3 is 2.67 bits per heavy atom. The Balaban J connectivity index is 1.99. The fourth-order valence-corrected chi connectivity index (χ4v) is 2.56. The van der Waals surface area contributed by atoms with E-state index >= 15 is 0 Å². The molecule has 0 saturated heterocycles.